The van der Waals surface area contributed by atoms with Gasteiger partial charge in [-0.2, -0.15) is 0 Å². The summed E-state index contributed by atoms with van der Waals surface area (Å²) in [5.41, 5.74) is 1.73. The molecule has 0 fully saturated rings. The van der Waals surface area contributed by atoms with E-state index in [1.54, 1.807) is 12.1 Å². The third-order valence-electron chi connectivity index (χ3n) is 2.52. The molecule has 6 heteroatoms. The van der Waals surface area contributed by atoms with E-state index < -0.39 is 9.84 Å². The highest BCUT2D eigenvalue weighted by Crippen LogP contribution is 2.43. The monoisotopic (exact) mass is 295 g/mol. The van der Waals surface area contributed by atoms with Crippen LogP contribution in [0, 0.1) is 6.92 Å². The van der Waals surface area contributed by atoms with Crippen LogP contribution in [0.15, 0.2) is 44.3 Å². The first kappa shape index (κ1) is 12.0. The van der Waals surface area contributed by atoms with Crippen molar-refractivity contribution in [3.05, 3.63) is 46.3 Å². The normalized spacial score (nSPS) is 16.4. The molecule has 3 nitrogen and oxygen atoms in total. The SMILES string of the molecule is Cc1csc(SC2=CS(=O)(=O)c3ccccc32)n1. The number of thiazole rings is 1. The minimum absolute atomic E-state index is 0.390. The molecule has 0 atom stereocenters. The summed E-state index contributed by atoms with van der Waals surface area (Å²) >= 11 is 2.93. The van der Waals surface area contributed by atoms with Crippen molar-refractivity contribution in [2.24, 2.45) is 0 Å². The number of sulfone groups is 1. The molecule has 2 aromatic rings. The number of nitrogens with zero attached hydrogens (tertiary/aromatic N) is 1. The largest absolute Gasteiger partial charge is 0.235 e. The number of benzene rings is 1. The van der Waals surface area contributed by atoms with E-state index in [9.17, 15) is 8.42 Å². The third-order valence-corrected chi connectivity index (χ3v) is 6.29. The lowest BCUT2D eigenvalue weighted by molar-refractivity contribution is 0.605. The molecule has 0 radical (unpaired) electrons. The average molecular weight is 295 g/mol. The van der Waals surface area contributed by atoms with Gasteiger partial charge in [0.2, 0.25) is 9.84 Å². The lowest BCUT2D eigenvalue weighted by atomic mass is 10.2. The topological polar surface area (TPSA) is 47.0 Å². The molecule has 0 saturated carbocycles. The van der Waals surface area contributed by atoms with Gasteiger partial charge in [-0.15, -0.1) is 11.3 Å². The zero-order valence-electron chi connectivity index (χ0n) is 9.45. The maximum Gasteiger partial charge on any atom is 0.201 e. The van der Waals surface area contributed by atoms with Gasteiger partial charge >= 0.3 is 0 Å². The van der Waals surface area contributed by atoms with Gasteiger partial charge in [-0.1, -0.05) is 30.0 Å². The summed E-state index contributed by atoms with van der Waals surface area (Å²) in [6.45, 7) is 1.92. The average Bonchev–Trinajstić information content (AvgIpc) is 2.83. The van der Waals surface area contributed by atoms with Crippen LogP contribution in [0.3, 0.4) is 0 Å². The van der Waals surface area contributed by atoms with Gasteiger partial charge < -0.3 is 0 Å². The van der Waals surface area contributed by atoms with E-state index in [-0.39, 0.29) is 0 Å². The molecular formula is C12H9NO2S3. The van der Waals surface area contributed by atoms with Crippen LogP contribution in [0.1, 0.15) is 11.3 Å². The molecule has 0 aliphatic carbocycles. The first-order chi connectivity index (χ1) is 8.56. The van der Waals surface area contributed by atoms with Crippen LogP contribution in [0.25, 0.3) is 4.91 Å². The standard InChI is InChI=1S/C12H9NO2S3/c1-8-6-16-12(13-8)17-10-7-18(14,15)11-5-3-2-4-9(10)11/h2-7H,1H3. The summed E-state index contributed by atoms with van der Waals surface area (Å²) in [5, 5.41) is 3.29. The highest BCUT2D eigenvalue weighted by molar-refractivity contribution is 8.11. The fourth-order valence-electron chi connectivity index (χ4n) is 1.74. The van der Waals surface area contributed by atoms with Gasteiger partial charge in [0.05, 0.1) is 10.3 Å². The lowest BCUT2D eigenvalue weighted by Crippen LogP contribution is -1.91. The third kappa shape index (κ3) is 2.00. The Morgan fingerprint density at radius 2 is 2.06 bits per heavy atom. The van der Waals surface area contributed by atoms with Crippen LogP contribution in [-0.4, -0.2) is 13.4 Å². The molecule has 1 aliphatic rings. The van der Waals surface area contributed by atoms with Crippen LogP contribution < -0.4 is 0 Å². The van der Waals surface area contributed by atoms with Crippen LogP contribution in [-0.2, 0) is 9.84 Å². The van der Waals surface area contributed by atoms with Crippen molar-refractivity contribution in [3.8, 4) is 0 Å². The van der Waals surface area contributed by atoms with E-state index in [2.05, 4.69) is 4.98 Å². The number of aryl methyl sites for hydroxylation is 1. The Hall–Kier alpha value is -1.11. The summed E-state index contributed by atoms with van der Waals surface area (Å²) in [5.74, 6) is 0. The van der Waals surface area contributed by atoms with Crippen LogP contribution in [0.2, 0.25) is 0 Å². The van der Waals surface area contributed by atoms with Gasteiger partial charge in [0.1, 0.15) is 0 Å². The number of rotatable bonds is 2. The van der Waals surface area contributed by atoms with Crippen LogP contribution in [0.4, 0.5) is 0 Å². The van der Waals surface area contributed by atoms with Crippen LogP contribution >= 0.6 is 23.1 Å². The van der Waals surface area contributed by atoms with E-state index in [0.717, 1.165) is 20.5 Å². The minimum atomic E-state index is -3.27. The smallest absolute Gasteiger partial charge is 0.201 e. The molecule has 0 spiro atoms. The van der Waals surface area contributed by atoms with Crippen molar-refractivity contribution in [2.75, 3.05) is 0 Å². The molecule has 18 heavy (non-hydrogen) atoms. The number of aromatic nitrogens is 1. The second kappa shape index (κ2) is 4.22. The summed E-state index contributed by atoms with van der Waals surface area (Å²) in [6, 6.07) is 7.06. The summed E-state index contributed by atoms with van der Waals surface area (Å²) in [4.78, 5) is 5.48. The van der Waals surface area contributed by atoms with Crippen molar-refractivity contribution in [3.63, 3.8) is 0 Å². The second-order valence-corrected chi connectivity index (χ2v) is 7.79. The van der Waals surface area contributed by atoms with Crippen molar-refractivity contribution in [1.82, 2.24) is 4.98 Å². The van der Waals surface area contributed by atoms with Crippen LogP contribution in [0.5, 0.6) is 0 Å². The summed E-state index contributed by atoms with van der Waals surface area (Å²) in [7, 11) is -3.27. The zero-order valence-corrected chi connectivity index (χ0v) is 11.9. The Morgan fingerprint density at radius 1 is 1.28 bits per heavy atom. The van der Waals surface area contributed by atoms with Gasteiger partial charge in [-0.05, 0) is 13.0 Å². The van der Waals surface area contributed by atoms with E-state index in [0.29, 0.717) is 4.90 Å². The van der Waals surface area contributed by atoms with Crippen molar-refractivity contribution >= 4 is 37.8 Å². The molecule has 1 aliphatic heterocycles. The van der Waals surface area contributed by atoms with E-state index in [4.69, 9.17) is 0 Å². The Bertz CT molecular complexity index is 744. The first-order valence-corrected chi connectivity index (χ1v) is 8.47. The molecule has 92 valence electrons. The number of fused-ring (bicyclic) bond motifs is 1. The summed E-state index contributed by atoms with van der Waals surface area (Å²) in [6.07, 6.45) is 0. The highest BCUT2D eigenvalue weighted by Gasteiger charge is 2.27. The molecule has 0 N–H and O–H groups in total. The fraction of sp³-hybridized carbons (Fsp3) is 0.0833. The molecule has 2 heterocycles. The fourth-order valence-corrected chi connectivity index (χ4v) is 5.46. The zero-order chi connectivity index (χ0) is 12.8. The Morgan fingerprint density at radius 3 is 2.78 bits per heavy atom. The van der Waals surface area contributed by atoms with Gasteiger partial charge in [-0.25, -0.2) is 13.4 Å². The molecule has 0 bridgehead atoms. The first-order valence-electron chi connectivity index (χ1n) is 5.22. The minimum Gasteiger partial charge on any atom is -0.235 e. The summed E-state index contributed by atoms with van der Waals surface area (Å²) < 4.78 is 24.8. The van der Waals surface area contributed by atoms with Crippen molar-refractivity contribution in [2.45, 2.75) is 16.2 Å². The maximum atomic E-state index is 12.0. The van der Waals surface area contributed by atoms with E-state index in [1.807, 2.05) is 24.4 Å². The molecule has 1 aromatic heterocycles. The Balaban J connectivity index is 2.04. The molecule has 0 unspecified atom stereocenters. The van der Waals surface area contributed by atoms with Gasteiger partial charge in [0.25, 0.3) is 0 Å². The van der Waals surface area contributed by atoms with Gasteiger partial charge in [0, 0.05) is 21.5 Å². The lowest BCUT2D eigenvalue weighted by Gasteiger charge is -2.00. The highest BCUT2D eigenvalue weighted by atomic mass is 32.2. The number of thioether (sulfide) groups is 1. The quantitative estimate of drug-likeness (QED) is 0.852. The number of hydrogen-bond acceptors (Lipinski definition) is 5. The van der Waals surface area contributed by atoms with Crippen molar-refractivity contribution < 1.29 is 8.42 Å². The predicted octanol–water partition coefficient (Wildman–Crippen LogP) is 3.33. The van der Waals surface area contributed by atoms with E-state index in [1.165, 1.54) is 28.5 Å². The van der Waals surface area contributed by atoms with Gasteiger partial charge in [-0.3, -0.25) is 0 Å². The Labute approximate surface area is 113 Å². The molecule has 0 amide bonds. The predicted molar refractivity (Wildman–Crippen MR) is 74.3 cm³/mol. The Kier molecular flexibility index (Phi) is 2.80. The van der Waals surface area contributed by atoms with Gasteiger partial charge in [0.15, 0.2) is 4.34 Å². The molecule has 1 aromatic carbocycles. The number of hydrogen-bond donors (Lipinski definition) is 0. The molecule has 0 saturated heterocycles. The molecular weight excluding hydrogens is 286 g/mol. The second-order valence-electron chi connectivity index (χ2n) is 3.88. The maximum absolute atomic E-state index is 12.0. The van der Waals surface area contributed by atoms with Crippen molar-refractivity contribution in [1.29, 1.82) is 0 Å². The molecule has 3 rings (SSSR count). The van der Waals surface area contributed by atoms with E-state index >= 15 is 0 Å².